The van der Waals surface area contributed by atoms with Gasteiger partial charge in [0.2, 0.25) is 0 Å². The second kappa shape index (κ2) is 7.95. The van der Waals surface area contributed by atoms with Crippen LogP contribution < -0.4 is 0 Å². The summed E-state index contributed by atoms with van der Waals surface area (Å²) >= 11 is 0. The Kier molecular flexibility index (Phi) is 5.97. The molecule has 0 aliphatic carbocycles. The molecule has 1 heteroatoms. The highest BCUT2D eigenvalue weighted by Crippen LogP contribution is 2.31. The van der Waals surface area contributed by atoms with Crippen LogP contribution in [0.5, 0.6) is 0 Å². The molecule has 0 unspecified atom stereocenters. The van der Waals surface area contributed by atoms with Crippen molar-refractivity contribution in [2.45, 2.75) is 44.8 Å². The molecule has 0 heterocycles. The van der Waals surface area contributed by atoms with Crippen LogP contribution >= 0.6 is 0 Å². The van der Waals surface area contributed by atoms with Crippen molar-refractivity contribution in [3.8, 4) is 0 Å². The number of hydrogen-bond donors (Lipinski definition) is 0. The van der Waals surface area contributed by atoms with Gasteiger partial charge in [0.15, 0.2) is 0 Å². The minimum absolute atomic E-state index is 0.0634. The lowest BCUT2D eigenvalue weighted by Crippen LogP contribution is -2.30. The van der Waals surface area contributed by atoms with Gasteiger partial charge in [-0.2, -0.15) is 0 Å². The summed E-state index contributed by atoms with van der Waals surface area (Å²) < 4.78 is 6.55. The molecule has 2 aromatic carbocycles. The lowest BCUT2D eigenvalue weighted by atomic mass is 9.95. The maximum Gasteiger partial charge on any atom is 0.0872 e. The van der Waals surface area contributed by atoms with Gasteiger partial charge in [0.05, 0.1) is 11.7 Å². The summed E-state index contributed by atoms with van der Waals surface area (Å²) in [7, 11) is 0. The Morgan fingerprint density at radius 2 is 1.64 bits per heavy atom. The van der Waals surface area contributed by atoms with E-state index >= 15 is 0 Å². The molecule has 0 saturated heterocycles. The Bertz CT molecular complexity index is 561. The predicted octanol–water partition coefficient (Wildman–Crippen LogP) is 5.73. The summed E-state index contributed by atoms with van der Waals surface area (Å²) in [4.78, 5) is 0. The van der Waals surface area contributed by atoms with Crippen LogP contribution in [0.4, 0.5) is 0 Å². The molecule has 0 aliphatic heterocycles. The topological polar surface area (TPSA) is 9.23 Å². The summed E-state index contributed by atoms with van der Waals surface area (Å²) in [5.41, 5.74) is 2.36. The van der Waals surface area contributed by atoms with Gasteiger partial charge in [-0.05, 0) is 30.9 Å². The Morgan fingerprint density at radius 1 is 1.05 bits per heavy atom. The van der Waals surface area contributed by atoms with Crippen LogP contribution in [0.3, 0.4) is 0 Å². The van der Waals surface area contributed by atoms with Gasteiger partial charge in [0, 0.05) is 6.42 Å². The van der Waals surface area contributed by atoms with Crippen molar-refractivity contribution < 1.29 is 4.74 Å². The van der Waals surface area contributed by atoms with Crippen LogP contribution in [0.1, 0.15) is 43.9 Å². The smallest absolute Gasteiger partial charge is 0.0872 e. The quantitative estimate of drug-likeness (QED) is 0.565. The van der Waals surface area contributed by atoms with E-state index in [0.29, 0.717) is 0 Å². The SMILES string of the molecule is C=CC[C@@](C)(CC)O[C@H](Cc1ccccc1)c1ccccc1. The second-order valence-corrected chi connectivity index (χ2v) is 6.00. The molecular weight excluding hydrogens is 268 g/mol. The number of rotatable bonds is 8. The van der Waals surface area contributed by atoms with Gasteiger partial charge < -0.3 is 4.74 Å². The van der Waals surface area contributed by atoms with Gasteiger partial charge in [0.1, 0.15) is 0 Å². The molecule has 22 heavy (non-hydrogen) atoms. The molecule has 0 spiro atoms. The first-order valence-electron chi connectivity index (χ1n) is 8.04. The highest BCUT2D eigenvalue weighted by atomic mass is 16.5. The van der Waals surface area contributed by atoms with Gasteiger partial charge in [-0.15, -0.1) is 6.58 Å². The molecule has 0 amide bonds. The minimum atomic E-state index is -0.170. The van der Waals surface area contributed by atoms with E-state index in [1.807, 2.05) is 12.1 Å². The van der Waals surface area contributed by atoms with Crippen molar-refractivity contribution in [1.82, 2.24) is 0 Å². The van der Waals surface area contributed by atoms with Crippen LogP contribution in [0.15, 0.2) is 73.3 Å². The molecule has 0 aromatic heterocycles. The zero-order valence-electron chi connectivity index (χ0n) is 13.7. The van der Waals surface area contributed by atoms with E-state index in [1.54, 1.807) is 0 Å². The molecule has 0 aliphatic rings. The minimum Gasteiger partial charge on any atom is -0.367 e. The molecule has 2 rings (SSSR count). The lowest BCUT2D eigenvalue weighted by molar-refractivity contribution is -0.0851. The van der Waals surface area contributed by atoms with Crippen LogP contribution in [0.25, 0.3) is 0 Å². The van der Waals surface area contributed by atoms with E-state index in [9.17, 15) is 0 Å². The van der Waals surface area contributed by atoms with Crippen molar-refractivity contribution in [3.05, 3.63) is 84.4 Å². The van der Waals surface area contributed by atoms with Crippen LogP contribution in [0.2, 0.25) is 0 Å². The standard InChI is InChI=1S/C21H26O/c1-4-16-21(3,5-2)22-20(19-14-10-7-11-15-19)17-18-12-8-6-9-13-18/h4,6-15,20H,1,5,16-17H2,2-3H3/t20-,21-/m1/s1. The zero-order valence-corrected chi connectivity index (χ0v) is 13.7. The fourth-order valence-corrected chi connectivity index (χ4v) is 2.65. The summed E-state index contributed by atoms with van der Waals surface area (Å²) in [5.74, 6) is 0. The predicted molar refractivity (Wildman–Crippen MR) is 93.9 cm³/mol. The largest absolute Gasteiger partial charge is 0.367 e. The van der Waals surface area contributed by atoms with E-state index in [2.05, 4.69) is 75.0 Å². The van der Waals surface area contributed by atoms with E-state index in [4.69, 9.17) is 4.74 Å². The highest BCUT2D eigenvalue weighted by molar-refractivity contribution is 5.22. The first kappa shape index (κ1) is 16.5. The highest BCUT2D eigenvalue weighted by Gasteiger charge is 2.26. The molecule has 2 atom stereocenters. The van der Waals surface area contributed by atoms with Crippen molar-refractivity contribution in [2.24, 2.45) is 0 Å². The first-order valence-corrected chi connectivity index (χ1v) is 8.04. The molecule has 0 bridgehead atoms. The monoisotopic (exact) mass is 294 g/mol. The maximum atomic E-state index is 6.55. The maximum absolute atomic E-state index is 6.55. The molecular formula is C21H26O. The van der Waals surface area contributed by atoms with Gasteiger partial charge in [-0.25, -0.2) is 0 Å². The first-order chi connectivity index (χ1) is 10.7. The van der Waals surface area contributed by atoms with Crippen LogP contribution in [0, 0.1) is 0 Å². The summed E-state index contributed by atoms with van der Waals surface area (Å²) in [6.07, 6.45) is 4.73. The number of ether oxygens (including phenoxy) is 1. The Balaban J connectivity index is 2.24. The fraction of sp³-hybridized carbons (Fsp3) is 0.333. The molecule has 0 fully saturated rings. The zero-order chi connectivity index (χ0) is 15.8. The van der Waals surface area contributed by atoms with Gasteiger partial charge >= 0.3 is 0 Å². The molecule has 116 valence electrons. The Hall–Kier alpha value is -1.86. The molecule has 0 radical (unpaired) electrons. The molecule has 2 aromatic rings. The normalized spacial score (nSPS) is 15.0. The van der Waals surface area contributed by atoms with Crippen molar-refractivity contribution in [1.29, 1.82) is 0 Å². The molecule has 0 N–H and O–H groups in total. The summed E-state index contributed by atoms with van der Waals surface area (Å²) in [5, 5.41) is 0. The third-order valence-electron chi connectivity index (χ3n) is 4.19. The van der Waals surface area contributed by atoms with E-state index < -0.39 is 0 Å². The van der Waals surface area contributed by atoms with Crippen molar-refractivity contribution in [2.75, 3.05) is 0 Å². The van der Waals surface area contributed by atoms with Crippen LogP contribution in [-0.4, -0.2) is 5.60 Å². The fourth-order valence-electron chi connectivity index (χ4n) is 2.65. The van der Waals surface area contributed by atoms with Gasteiger partial charge in [-0.1, -0.05) is 73.7 Å². The van der Waals surface area contributed by atoms with E-state index in [-0.39, 0.29) is 11.7 Å². The van der Waals surface area contributed by atoms with Gasteiger partial charge in [-0.3, -0.25) is 0 Å². The van der Waals surface area contributed by atoms with Crippen molar-refractivity contribution in [3.63, 3.8) is 0 Å². The number of benzene rings is 2. The Labute approximate surface area is 134 Å². The lowest BCUT2D eigenvalue weighted by Gasteiger charge is -2.33. The van der Waals surface area contributed by atoms with Gasteiger partial charge in [0.25, 0.3) is 0 Å². The average molecular weight is 294 g/mol. The average Bonchev–Trinajstić information content (AvgIpc) is 2.56. The molecule has 0 saturated carbocycles. The summed E-state index contributed by atoms with van der Waals surface area (Å²) in [6, 6.07) is 21.0. The molecule has 1 nitrogen and oxygen atoms in total. The number of hydrogen-bond acceptors (Lipinski definition) is 1. The second-order valence-electron chi connectivity index (χ2n) is 6.00. The van der Waals surface area contributed by atoms with Crippen LogP contribution in [-0.2, 0) is 11.2 Å². The Morgan fingerprint density at radius 3 is 2.18 bits per heavy atom. The van der Waals surface area contributed by atoms with Crippen molar-refractivity contribution >= 4 is 0 Å². The third-order valence-corrected chi connectivity index (χ3v) is 4.19. The third kappa shape index (κ3) is 4.57. The van der Waals surface area contributed by atoms with E-state index in [0.717, 1.165) is 19.3 Å². The van der Waals surface area contributed by atoms with E-state index in [1.165, 1.54) is 11.1 Å². The summed E-state index contributed by atoms with van der Waals surface area (Å²) in [6.45, 7) is 8.23.